The van der Waals surface area contributed by atoms with Crippen molar-refractivity contribution >= 4 is 5.91 Å². The van der Waals surface area contributed by atoms with Crippen LogP contribution in [0.15, 0.2) is 10.9 Å². The average molecular weight is 345 g/mol. The van der Waals surface area contributed by atoms with E-state index < -0.39 is 0 Å². The van der Waals surface area contributed by atoms with Gasteiger partial charge in [0.25, 0.3) is 5.91 Å². The van der Waals surface area contributed by atoms with Gasteiger partial charge < -0.3 is 18.7 Å². The summed E-state index contributed by atoms with van der Waals surface area (Å²) in [6, 6.07) is -0.164. The summed E-state index contributed by atoms with van der Waals surface area (Å²) >= 11 is 0. The van der Waals surface area contributed by atoms with Gasteiger partial charge in [-0.05, 0) is 19.3 Å². The van der Waals surface area contributed by atoms with E-state index in [0.29, 0.717) is 18.7 Å². The predicted octanol–water partition coefficient (Wildman–Crippen LogP) is 1.67. The van der Waals surface area contributed by atoms with E-state index in [9.17, 15) is 4.79 Å². The summed E-state index contributed by atoms with van der Waals surface area (Å²) in [6.07, 6.45) is 7.38. The van der Waals surface area contributed by atoms with Gasteiger partial charge >= 0.3 is 0 Å². The van der Waals surface area contributed by atoms with Crippen molar-refractivity contribution in [1.29, 1.82) is 0 Å². The monoisotopic (exact) mass is 345 g/mol. The van der Waals surface area contributed by atoms with Crippen molar-refractivity contribution in [3.8, 4) is 0 Å². The first kappa shape index (κ1) is 16.3. The van der Waals surface area contributed by atoms with E-state index in [1.165, 1.54) is 0 Å². The zero-order chi connectivity index (χ0) is 17.4. The van der Waals surface area contributed by atoms with Crippen molar-refractivity contribution in [2.45, 2.75) is 50.7 Å². The molecule has 0 bridgehead atoms. The molecule has 2 aromatic heterocycles. The quantitative estimate of drug-likeness (QED) is 0.787. The Hall–Kier alpha value is -2.22. The van der Waals surface area contributed by atoms with Crippen LogP contribution in [0.2, 0.25) is 0 Å². The normalized spacial score (nSPS) is 23.5. The van der Waals surface area contributed by atoms with Gasteiger partial charge in [0.1, 0.15) is 12.1 Å². The van der Waals surface area contributed by atoms with Gasteiger partial charge in [-0.1, -0.05) is 11.6 Å². The van der Waals surface area contributed by atoms with Crippen LogP contribution in [0.25, 0.3) is 0 Å². The van der Waals surface area contributed by atoms with Crippen LogP contribution in [0.3, 0.4) is 0 Å². The van der Waals surface area contributed by atoms with E-state index in [1.54, 1.807) is 18.3 Å². The molecule has 25 heavy (non-hydrogen) atoms. The Labute approximate surface area is 146 Å². The Morgan fingerprint density at radius 2 is 2.16 bits per heavy atom. The third-order valence-electron chi connectivity index (χ3n) is 5.30. The van der Waals surface area contributed by atoms with Crippen molar-refractivity contribution in [1.82, 2.24) is 24.8 Å². The van der Waals surface area contributed by atoms with Crippen LogP contribution in [0.1, 0.15) is 59.4 Å². The predicted molar refractivity (Wildman–Crippen MR) is 88.0 cm³/mol. The molecule has 0 unspecified atom stereocenters. The fraction of sp³-hybridized carbons (Fsp3) is 0.647. The largest absolute Gasteiger partial charge is 0.380 e. The molecule has 1 amide bonds. The number of hydrogen-bond donors (Lipinski definition) is 0. The lowest BCUT2D eigenvalue weighted by atomic mass is 10.1. The van der Waals surface area contributed by atoms with Gasteiger partial charge in [-0.3, -0.25) is 4.79 Å². The lowest BCUT2D eigenvalue weighted by Gasteiger charge is -2.23. The number of carbonyl (C=O) groups is 1. The van der Waals surface area contributed by atoms with Crippen molar-refractivity contribution in [3.05, 3.63) is 29.2 Å². The summed E-state index contributed by atoms with van der Waals surface area (Å²) in [7, 11) is 3.56. The second-order valence-electron chi connectivity index (χ2n) is 6.86. The number of amides is 1. The lowest BCUT2D eigenvalue weighted by Crippen LogP contribution is -2.33. The maximum Gasteiger partial charge on any atom is 0.277 e. The molecule has 1 saturated heterocycles. The molecular formula is C17H23N5O3. The van der Waals surface area contributed by atoms with E-state index >= 15 is 0 Å². The maximum atomic E-state index is 13.3. The molecule has 3 heterocycles. The van der Waals surface area contributed by atoms with Crippen LogP contribution in [0.4, 0.5) is 0 Å². The molecule has 8 heteroatoms. The first-order valence-electron chi connectivity index (χ1n) is 8.84. The average Bonchev–Trinajstić information content (AvgIpc) is 3.29. The molecule has 8 nitrogen and oxygen atoms in total. The SMILES string of the molecule is CO[C@@H]1C[C@@H](c2nncn2C)N(C(=O)c2noc3c2CCCCC3)C1. The van der Waals surface area contributed by atoms with Gasteiger partial charge in [-0.25, -0.2) is 0 Å². The van der Waals surface area contributed by atoms with Gasteiger partial charge in [0.05, 0.1) is 12.1 Å². The summed E-state index contributed by atoms with van der Waals surface area (Å²) in [6.45, 7) is 0.522. The Kier molecular flexibility index (Phi) is 4.29. The molecule has 0 saturated carbocycles. The third kappa shape index (κ3) is 2.84. The van der Waals surface area contributed by atoms with Gasteiger partial charge in [0, 0.05) is 39.1 Å². The maximum absolute atomic E-state index is 13.3. The summed E-state index contributed by atoms with van der Waals surface area (Å²) in [5.74, 6) is 1.54. The molecular weight excluding hydrogens is 322 g/mol. The van der Waals surface area contributed by atoms with Gasteiger partial charge in [0.15, 0.2) is 11.5 Å². The van der Waals surface area contributed by atoms with Crippen LogP contribution in [0.5, 0.6) is 0 Å². The molecule has 1 aliphatic heterocycles. The number of nitrogens with zero attached hydrogens (tertiary/aromatic N) is 5. The van der Waals surface area contributed by atoms with Crippen molar-refractivity contribution < 1.29 is 14.1 Å². The van der Waals surface area contributed by atoms with Crippen molar-refractivity contribution in [3.63, 3.8) is 0 Å². The lowest BCUT2D eigenvalue weighted by molar-refractivity contribution is 0.0672. The minimum atomic E-state index is -0.164. The van der Waals surface area contributed by atoms with Gasteiger partial charge in [-0.15, -0.1) is 10.2 Å². The highest BCUT2D eigenvalue weighted by atomic mass is 16.5. The highest BCUT2D eigenvalue weighted by molar-refractivity contribution is 5.94. The molecule has 0 spiro atoms. The topological polar surface area (TPSA) is 86.3 Å². The van der Waals surface area contributed by atoms with E-state index in [4.69, 9.17) is 9.26 Å². The molecule has 4 rings (SSSR count). The molecule has 0 radical (unpaired) electrons. The standard InChI is InChI=1S/C17H23N5O3/c1-21-10-18-19-16(21)13-8-11(24-2)9-22(13)17(23)15-12-6-4-3-5-7-14(12)25-20-15/h10-11,13H,3-9H2,1-2H3/t11-,13+/m1/s1. The molecule has 134 valence electrons. The minimum Gasteiger partial charge on any atom is -0.380 e. The first-order chi connectivity index (χ1) is 12.2. The fourth-order valence-corrected chi connectivity index (χ4v) is 3.90. The highest BCUT2D eigenvalue weighted by Crippen LogP contribution is 2.34. The molecule has 1 aliphatic carbocycles. The van der Waals surface area contributed by atoms with Crippen LogP contribution in [-0.4, -0.2) is 50.5 Å². The van der Waals surface area contributed by atoms with Gasteiger partial charge in [0.2, 0.25) is 0 Å². The Balaban J connectivity index is 1.66. The second-order valence-corrected chi connectivity index (χ2v) is 6.86. The number of methoxy groups -OCH3 is 1. The number of hydrogen-bond acceptors (Lipinski definition) is 6. The van der Waals surface area contributed by atoms with E-state index in [1.807, 2.05) is 11.6 Å². The van der Waals surface area contributed by atoms with Crippen LogP contribution < -0.4 is 0 Å². The van der Waals surface area contributed by atoms with Crippen molar-refractivity contribution in [2.24, 2.45) is 7.05 Å². The summed E-state index contributed by atoms with van der Waals surface area (Å²) in [5, 5.41) is 12.3. The number of aryl methyl sites for hydroxylation is 2. The Morgan fingerprint density at radius 1 is 1.32 bits per heavy atom. The van der Waals surface area contributed by atoms with Crippen LogP contribution in [0, 0.1) is 0 Å². The second kappa shape index (κ2) is 6.59. The van der Waals surface area contributed by atoms with E-state index in [-0.39, 0.29) is 18.1 Å². The smallest absolute Gasteiger partial charge is 0.277 e. The molecule has 0 N–H and O–H groups in total. The number of fused-ring (bicyclic) bond motifs is 1. The van der Waals surface area contributed by atoms with Crippen LogP contribution >= 0.6 is 0 Å². The molecule has 2 aliphatic rings. The van der Waals surface area contributed by atoms with Crippen molar-refractivity contribution in [2.75, 3.05) is 13.7 Å². The summed E-state index contributed by atoms with van der Waals surface area (Å²) in [5.41, 5.74) is 1.45. The summed E-state index contributed by atoms with van der Waals surface area (Å²) < 4.78 is 12.9. The molecule has 2 atom stereocenters. The molecule has 0 aromatic carbocycles. The van der Waals surface area contributed by atoms with Gasteiger partial charge in [-0.2, -0.15) is 0 Å². The highest BCUT2D eigenvalue weighted by Gasteiger charge is 2.41. The Morgan fingerprint density at radius 3 is 2.92 bits per heavy atom. The number of likely N-dealkylation sites (tertiary alicyclic amines) is 1. The van der Waals surface area contributed by atoms with Crippen LogP contribution in [-0.2, 0) is 24.6 Å². The van der Waals surface area contributed by atoms with E-state index in [0.717, 1.165) is 49.3 Å². The number of carbonyl (C=O) groups excluding carboxylic acids is 1. The number of rotatable bonds is 3. The molecule has 2 aromatic rings. The Bertz CT molecular complexity index is 768. The fourth-order valence-electron chi connectivity index (χ4n) is 3.90. The minimum absolute atomic E-state index is 0.0174. The molecule has 1 fully saturated rings. The zero-order valence-electron chi connectivity index (χ0n) is 14.6. The zero-order valence-corrected chi connectivity index (χ0v) is 14.6. The number of ether oxygens (including phenoxy) is 1. The van der Waals surface area contributed by atoms with E-state index in [2.05, 4.69) is 15.4 Å². The first-order valence-corrected chi connectivity index (χ1v) is 8.84. The number of aromatic nitrogens is 4. The summed E-state index contributed by atoms with van der Waals surface area (Å²) in [4.78, 5) is 15.1. The third-order valence-corrected chi connectivity index (χ3v) is 5.30.